The van der Waals surface area contributed by atoms with Crippen molar-refractivity contribution in [2.45, 2.75) is 25.4 Å². The summed E-state index contributed by atoms with van der Waals surface area (Å²) in [6, 6.07) is 0. The van der Waals surface area contributed by atoms with Gasteiger partial charge in [-0.1, -0.05) is 0 Å². The number of ether oxygens (including phenoxy) is 1. The highest BCUT2D eigenvalue weighted by atomic mass is 16.5. The van der Waals surface area contributed by atoms with Crippen LogP contribution in [-0.4, -0.2) is 55.9 Å². The zero-order valence-corrected chi connectivity index (χ0v) is 8.54. The van der Waals surface area contributed by atoms with Crippen molar-refractivity contribution >= 4 is 0 Å². The fraction of sp³-hybridized carbons (Fsp3) is 1.00. The van der Waals surface area contributed by atoms with Crippen LogP contribution in [-0.2, 0) is 4.74 Å². The lowest BCUT2D eigenvalue weighted by molar-refractivity contribution is -0.00761. The van der Waals surface area contributed by atoms with Crippen molar-refractivity contribution in [2.24, 2.45) is 0 Å². The Morgan fingerprint density at radius 3 is 2.62 bits per heavy atom. The van der Waals surface area contributed by atoms with Gasteiger partial charge in [0.05, 0.1) is 12.8 Å². The quantitative estimate of drug-likeness (QED) is 0.644. The van der Waals surface area contributed by atoms with Crippen LogP contribution in [0.2, 0.25) is 0 Å². The second-order valence-electron chi connectivity index (χ2n) is 4.29. The molecule has 2 aliphatic heterocycles. The summed E-state index contributed by atoms with van der Waals surface area (Å²) in [5, 5.41) is 0. The molecule has 3 nitrogen and oxygen atoms in total. The van der Waals surface area contributed by atoms with Gasteiger partial charge in [-0.3, -0.25) is 4.90 Å². The van der Waals surface area contributed by atoms with Crippen LogP contribution in [0.4, 0.5) is 0 Å². The number of rotatable bonds is 3. The summed E-state index contributed by atoms with van der Waals surface area (Å²) in [4.78, 5) is 4.76. The molecule has 2 rings (SSSR count). The largest absolute Gasteiger partial charge is 0.361 e. The van der Waals surface area contributed by atoms with Crippen LogP contribution in [0.1, 0.15) is 19.3 Å². The van der Waals surface area contributed by atoms with E-state index in [0.29, 0.717) is 6.10 Å². The monoisotopic (exact) mass is 184 g/mol. The molecular weight excluding hydrogens is 164 g/mol. The molecule has 0 aromatic rings. The van der Waals surface area contributed by atoms with E-state index in [-0.39, 0.29) is 0 Å². The Bertz CT molecular complexity index is 157. The molecule has 0 aromatic carbocycles. The first-order chi connectivity index (χ1) is 6.34. The van der Waals surface area contributed by atoms with Gasteiger partial charge in [-0.25, -0.2) is 0 Å². The smallest absolute Gasteiger partial charge is 0.0994 e. The Hall–Kier alpha value is -0.120. The molecule has 2 saturated heterocycles. The number of hydrogen-bond acceptors (Lipinski definition) is 3. The van der Waals surface area contributed by atoms with Crippen molar-refractivity contribution in [1.29, 1.82) is 0 Å². The van der Waals surface area contributed by atoms with Crippen LogP contribution in [0.15, 0.2) is 0 Å². The number of hydrogen-bond donors (Lipinski definition) is 0. The van der Waals surface area contributed by atoms with E-state index < -0.39 is 0 Å². The minimum Gasteiger partial charge on any atom is -0.361 e. The van der Waals surface area contributed by atoms with Crippen LogP contribution >= 0.6 is 0 Å². The maximum atomic E-state index is 5.84. The number of likely N-dealkylation sites (N-methyl/N-ethyl adjacent to an activating group) is 1. The third kappa shape index (κ3) is 2.66. The highest BCUT2D eigenvalue weighted by Gasteiger charge is 2.21. The minimum atomic E-state index is 0.491. The molecule has 0 unspecified atom stereocenters. The van der Waals surface area contributed by atoms with Gasteiger partial charge in [0.2, 0.25) is 0 Å². The lowest BCUT2D eigenvalue weighted by Gasteiger charge is -2.18. The maximum absolute atomic E-state index is 5.84. The van der Waals surface area contributed by atoms with Gasteiger partial charge < -0.3 is 9.64 Å². The molecule has 0 bridgehead atoms. The van der Waals surface area contributed by atoms with E-state index in [1.54, 1.807) is 0 Å². The zero-order chi connectivity index (χ0) is 9.10. The predicted octanol–water partition coefficient (Wildman–Crippen LogP) is 0.760. The molecule has 76 valence electrons. The Labute approximate surface area is 80.6 Å². The Balaban J connectivity index is 1.62. The second kappa shape index (κ2) is 4.40. The molecule has 0 N–H and O–H groups in total. The van der Waals surface area contributed by atoms with E-state index in [1.165, 1.54) is 38.9 Å². The topological polar surface area (TPSA) is 15.7 Å². The molecule has 0 radical (unpaired) electrons. The summed E-state index contributed by atoms with van der Waals surface area (Å²) in [6.07, 6.45) is 4.41. The molecule has 3 heteroatoms. The van der Waals surface area contributed by atoms with E-state index in [0.717, 1.165) is 13.3 Å². The van der Waals surface area contributed by atoms with Crippen LogP contribution in [0.25, 0.3) is 0 Å². The molecule has 0 aromatic heterocycles. The minimum absolute atomic E-state index is 0.491. The molecule has 2 aliphatic rings. The summed E-state index contributed by atoms with van der Waals surface area (Å²) in [7, 11) is 2.17. The van der Waals surface area contributed by atoms with Crippen molar-refractivity contribution < 1.29 is 4.74 Å². The Morgan fingerprint density at radius 2 is 2.00 bits per heavy atom. The van der Waals surface area contributed by atoms with Gasteiger partial charge in [0.15, 0.2) is 0 Å². The van der Waals surface area contributed by atoms with Crippen LogP contribution in [0.3, 0.4) is 0 Å². The van der Waals surface area contributed by atoms with Gasteiger partial charge in [-0.05, 0) is 26.3 Å². The van der Waals surface area contributed by atoms with Crippen molar-refractivity contribution in [3.05, 3.63) is 0 Å². The Kier molecular flexibility index (Phi) is 3.19. The maximum Gasteiger partial charge on any atom is 0.0994 e. The first-order valence-corrected chi connectivity index (χ1v) is 5.37. The standard InChI is InChI=1S/C10H20N2O/c1-11-7-4-10(8-11)13-9-12-5-2-3-6-12/h10H,2-9H2,1H3/t10-/m1/s1. The van der Waals surface area contributed by atoms with Gasteiger partial charge in [0.25, 0.3) is 0 Å². The molecule has 1 atom stereocenters. The normalized spacial score (nSPS) is 31.6. The van der Waals surface area contributed by atoms with Gasteiger partial charge >= 0.3 is 0 Å². The average Bonchev–Trinajstić information content (AvgIpc) is 2.71. The van der Waals surface area contributed by atoms with E-state index in [2.05, 4.69) is 16.8 Å². The van der Waals surface area contributed by atoms with E-state index in [1.807, 2.05) is 0 Å². The third-order valence-corrected chi connectivity index (χ3v) is 3.04. The fourth-order valence-electron chi connectivity index (χ4n) is 2.15. The SMILES string of the molecule is CN1CC[C@@H](OCN2CCCC2)C1. The summed E-state index contributed by atoms with van der Waals surface area (Å²) in [6.45, 7) is 5.65. The second-order valence-corrected chi connectivity index (χ2v) is 4.29. The third-order valence-electron chi connectivity index (χ3n) is 3.04. The summed E-state index contributed by atoms with van der Waals surface area (Å²) >= 11 is 0. The van der Waals surface area contributed by atoms with E-state index >= 15 is 0 Å². The van der Waals surface area contributed by atoms with Crippen molar-refractivity contribution in [2.75, 3.05) is 40.0 Å². The average molecular weight is 184 g/mol. The molecule has 2 heterocycles. The first-order valence-electron chi connectivity index (χ1n) is 5.37. The van der Waals surface area contributed by atoms with Crippen LogP contribution in [0, 0.1) is 0 Å². The van der Waals surface area contributed by atoms with Crippen LogP contribution in [0.5, 0.6) is 0 Å². The first kappa shape index (κ1) is 9.44. The lowest BCUT2D eigenvalue weighted by atomic mass is 10.3. The van der Waals surface area contributed by atoms with Gasteiger partial charge in [-0.2, -0.15) is 0 Å². The summed E-state index contributed by atoms with van der Waals surface area (Å²) < 4.78 is 5.84. The highest BCUT2D eigenvalue weighted by Crippen LogP contribution is 2.12. The highest BCUT2D eigenvalue weighted by molar-refractivity contribution is 4.73. The predicted molar refractivity (Wildman–Crippen MR) is 52.7 cm³/mol. The Morgan fingerprint density at radius 1 is 1.23 bits per heavy atom. The van der Waals surface area contributed by atoms with Crippen molar-refractivity contribution in [3.8, 4) is 0 Å². The zero-order valence-electron chi connectivity index (χ0n) is 8.54. The number of likely N-dealkylation sites (tertiary alicyclic amines) is 2. The summed E-state index contributed by atoms with van der Waals surface area (Å²) in [5.41, 5.74) is 0. The van der Waals surface area contributed by atoms with E-state index in [4.69, 9.17) is 4.74 Å². The van der Waals surface area contributed by atoms with Gasteiger partial charge in [0.1, 0.15) is 0 Å². The summed E-state index contributed by atoms with van der Waals surface area (Å²) in [5.74, 6) is 0. The van der Waals surface area contributed by atoms with Gasteiger partial charge in [0, 0.05) is 26.2 Å². The molecule has 0 saturated carbocycles. The van der Waals surface area contributed by atoms with Gasteiger partial charge in [-0.15, -0.1) is 0 Å². The molecule has 0 aliphatic carbocycles. The molecule has 0 amide bonds. The number of nitrogens with zero attached hydrogens (tertiary/aromatic N) is 2. The van der Waals surface area contributed by atoms with E-state index in [9.17, 15) is 0 Å². The molecule has 0 spiro atoms. The lowest BCUT2D eigenvalue weighted by Crippen LogP contribution is -2.28. The molecular formula is C10H20N2O. The van der Waals surface area contributed by atoms with Crippen molar-refractivity contribution in [3.63, 3.8) is 0 Å². The van der Waals surface area contributed by atoms with Crippen LogP contribution < -0.4 is 0 Å². The van der Waals surface area contributed by atoms with Crippen molar-refractivity contribution in [1.82, 2.24) is 9.80 Å². The molecule has 2 fully saturated rings. The molecule has 13 heavy (non-hydrogen) atoms. The fourth-order valence-corrected chi connectivity index (χ4v) is 2.15.